The van der Waals surface area contributed by atoms with Crippen LogP contribution < -0.4 is 10.1 Å². The normalized spacial score (nSPS) is 13.8. The lowest BCUT2D eigenvalue weighted by Gasteiger charge is -2.21. The summed E-state index contributed by atoms with van der Waals surface area (Å²) in [4.78, 5) is 11.5. The van der Waals surface area contributed by atoms with E-state index in [0.29, 0.717) is 6.42 Å². The van der Waals surface area contributed by atoms with E-state index in [9.17, 15) is 4.79 Å². The van der Waals surface area contributed by atoms with Crippen molar-refractivity contribution in [3.63, 3.8) is 0 Å². The van der Waals surface area contributed by atoms with E-state index >= 15 is 0 Å². The Balaban J connectivity index is 2.73. The number of ether oxygens (including phenoxy) is 2. The second-order valence-corrected chi connectivity index (χ2v) is 4.15. The zero-order valence-electron chi connectivity index (χ0n) is 11.4. The SMILES string of the molecule is CCC(N[C@H](C)c1cccc(OC)c1)C(=O)OC. The van der Waals surface area contributed by atoms with Crippen molar-refractivity contribution in [1.29, 1.82) is 0 Å². The van der Waals surface area contributed by atoms with Crippen molar-refractivity contribution < 1.29 is 14.3 Å². The first-order valence-corrected chi connectivity index (χ1v) is 6.10. The third-order valence-electron chi connectivity index (χ3n) is 2.94. The molecule has 4 nitrogen and oxygen atoms in total. The maximum atomic E-state index is 11.5. The Kier molecular flexibility index (Phi) is 5.65. The third kappa shape index (κ3) is 3.74. The maximum absolute atomic E-state index is 11.5. The first-order chi connectivity index (χ1) is 8.62. The highest BCUT2D eigenvalue weighted by atomic mass is 16.5. The molecule has 0 aliphatic heterocycles. The molecule has 0 saturated heterocycles. The molecule has 0 amide bonds. The number of carbonyl (C=O) groups excluding carboxylic acids is 1. The smallest absolute Gasteiger partial charge is 0.322 e. The molecule has 0 aliphatic carbocycles. The Morgan fingerprint density at radius 1 is 1.39 bits per heavy atom. The van der Waals surface area contributed by atoms with Gasteiger partial charge >= 0.3 is 5.97 Å². The Hall–Kier alpha value is -1.55. The minimum Gasteiger partial charge on any atom is -0.497 e. The number of esters is 1. The second kappa shape index (κ2) is 7.01. The topological polar surface area (TPSA) is 47.6 Å². The molecule has 1 aromatic rings. The molecule has 0 heterocycles. The van der Waals surface area contributed by atoms with Crippen LogP contribution in [0.25, 0.3) is 0 Å². The van der Waals surface area contributed by atoms with Crippen molar-refractivity contribution in [1.82, 2.24) is 5.32 Å². The van der Waals surface area contributed by atoms with Crippen molar-refractivity contribution in [2.24, 2.45) is 0 Å². The number of carbonyl (C=O) groups is 1. The van der Waals surface area contributed by atoms with Gasteiger partial charge in [0.05, 0.1) is 14.2 Å². The predicted octanol–water partition coefficient (Wildman–Crippen LogP) is 2.30. The highest BCUT2D eigenvalue weighted by Gasteiger charge is 2.19. The summed E-state index contributed by atoms with van der Waals surface area (Å²) in [6.07, 6.45) is 0.695. The number of methoxy groups -OCH3 is 2. The zero-order valence-corrected chi connectivity index (χ0v) is 11.4. The highest BCUT2D eigenvalue weighted by Crippen LogP contribution is 2.19. The molecule has 0 spiro atoms. The number of hydrogen-bond acceptors (Lipinski definition) is 4. The molecule has 0 fully saturated rings. The summed E-state index contributed by atoms with van der Waals surface area (Å²) in [7, 11) is 3.05. The molecule has 18 heavy (non-hydrogen) atoms. The van der Waals surface area contributed by atoms with Crippen LogP contribution in [-0.4, -0.2) is 26.2 Å². The van der Waals surface area contributed by atoms with Gasteiger partial charge in [0.15, 0.2) is 0 Å². The molecule has 4 heteroatoms. The largest absolute Gasteiger partial charge is 0.497 e. The van der Waals surface area contributed by atoms with Gasteiger partial charge in [-0.05, 0) is 31.0 Å². The summed E-state index contributed by atoms with van der Waals surface area (Å²) in [5.74, 6) is 0.583. The Bertz CT molecular complexity index is 392. The van der Waals surface area contributed by atoms with E-state index < -0.39 is 0 Å². The first kappa shape index (κ1) is 14.5. The van der Waals surface area contributed by atoms with Crippen LogP contribution in [0.15, 0.2) is 24.3 Å². The molecule has 1 rings (SSSR count). The lowest BCUT2D eigenvalue weighted by Crippen LogP contribution is -2.38. The van der Waals surface area contributed by atoms with Crippen LogP contribution in [0, 0.1) is 0 Å². The van der Waals surface area contributed by atoms with E-state index in [-0.39, 0.29) is 18.1 Å². The number of benzene rings is 1. The molecule has 1 N–H and O–H groups in total. The Labute approximate surface area is 108 Å². The van der Waals surface area contributed by atoms with Crippen LogP contribution in [0.1, 0.15) is 31.9 Å². The lowest BCUT2D eigenvalue weighted by molar-refractivity contribution is -0.143. The van der Waals surface area contributed by atoms with Crippen molar-refractivity contribution in [3.8, 4) is 5.75 Å². The highest BCUT2D eigenvalue weighted by molar-refractivity contribution is 5.75. The van der Waals surface area contributed by atoms with Crippen molar-refractivity contribution >= 4 is 5.97 Å². The average Bonchev–Trinajstić information content (AvgIpc) is 2.43. The van der Waals surface area contributed by atoms with Crippen molar-refractivity contribution in [2.45, 2.75) is 32.4 Å². The fourth-order valence-corrected chi connectivity index (χ4v) is 1.80. The predicted molar refractivity (Wildman–Crippen MR) is 70.6 cm³/mol. The van der Waals surface area contributed by atoms with Gasteiger partial charge in [-0.15, -0.1) is 0 Å². The molecule has 0 aliphatic rings. The molecule has 1 unspecified atom stereocenters. The van der Waals surface area contributed by atoms with E-state index in [4.69, 9.17) is 9.47 Å². The molecular weight excluding hydrogens is 230 g/mol. The first-order valence-electron chi connectivity index (χ1n) is 6.10. The van der Waals surface area contributed by atoms with Crippen molar-refractivity contribution in [3.05, 3.63) is 29.8 Å². The van der Waals surface area contributed by atoms with Gasteiger partial charge in [-0.1, -0.05) is 19.1 Å². The fraction of sp³-hybridized carbons (Fsp3) is 0.500. The fourth-order valence-electron chi connectivity index (χ4n) is 1.80. The molecule has 1 aromatic carbocycles. The molecule has 0 aromatic heterocycles. The van der Waals surface area contributed by atoms with Gasteiger partial charge in [0, 0.05) is 6.04 Å². The number of hydrogen-bond donors (Lipinski definition) is 1. The molecule has 100 valence electrons. The zero-order chi connectivity index (χ0) is 13.5. The van der Waals surface area contributed by atoms with Crippen LogP contribution in [0.2, 0.25) is 0 Å². The van der Waals surface area contributed by atoms with E-state index in [2.05, 4.69) is 5.32 Å². The van der Waals surface area contributed by atoms with Crippen LogP contribution in [0.5, 0.6) is 5.75 Å². The second-order valence-electron chi connectivity index (χ2n) is 4.15. The van der Waals surface area contributed by atoms with E-state index in [0.717, 1.165) is 11.3 Å². The summed E-state index contributed by atoms with van der Waals surface area (Å²) in [6.45, 7) is 3.97. The maximum Gasteiger partial charge on any atom is 0.322 e. The van der Waals surface area contributed by atoms with Crippen LogP contribution >= 0.6 is 0 Å². The summed E-state index contributed by atoms with van der Waals surface area (Å²) in [6, 6.07) is 7.57. The summed E-state index contributed by atoms with van der Waals surface area (Å²) >= 11 is 0. The standard InChI is InChI=1S/C14H21NO3/c1-5-13(14(16)18-4)15-10(2)11-7-6-8-12(9-11)17-3/h6-10,13,15H,5H2,1-4H3/t10-,13?/m1/s1. The van der Waals surface area contributed by atoms with Gasteiger partial charge in [-0.25, -0.2) is 0 Å². The van der Waals surface area contributed by atoms with Crippen LogP contribution in [0.3, 0.4) is 0 Å². The summed E-state index contributed by atoms with van der Waals surface area (Å²) in [5, 5.41) is 3.25. The molecule has 0 saturated carbocycles. The average molecular weight is 251 g/mol. The molecule has 0 radical (unpaired) electrons. The van der Waals surface area contributed by atoms with E-state index in [1.54, 1.807) is 7.11 Å². The Morgan fingerprint density at radius 3 is 2.67 bits per heavy atom. The lowest BCUT2D eigenvalue weighted by atomic mass is 10.1. The quantitative estimate of drug-likeness (QED) is 0.788. The summed E-state index contributed by atoms with van der Waals surface area (Å²) < 4.78 is 9.94. The van der Waals surface area contributed by atoms with Gasteiger partial charge in [-0.3, -0.25) is 10.1 Å². The number of nitrogens with one attached hydrogen (secondary N) is 1. The van der Waals surface area contributed by atoms with Gasteiger partial charge in [-0.2, -0.15) is 0 Å². The van der Waals surface area contributed by atoms with Gasteiger partial charge in [0.2, 0.25) is 0 Å². The van der Waals surface area contributed by atoms with E-state index in [1.165, 1.54) is 7.11 Å². The van der Waals surface area contributed by atoms with Gasteiger partial charge < -0.3 is 9.47 Å². The van der Waals surface area contributed by atoms with E-state index in [1.807, 2.05) is 38.1 Å². The van der Waals surface area contributed by atoms with Gasteiger partial charge in [0.1, 0.15) is 11.8 Å². The number of rotatable bonds is 6. The minimum absolute atomic E-state index is 0.0594. The Morgan fingerprint density at radius 2 is 2.11 bits per heavy atom. The molecular formula is C14H21NO3. The van der Waals surface area contributed by atoms with Crippen LogP contribution in [-0.2, 0) is 9.53 Å². The minimum atomic E-state index is -0.281. The van der Waals surface area contributed by atoms with Crippen molar-refractivity contribution in [2.75, 3.05) is 14.2 Å². The molecule has 2 atom stereocenters. The summed E-state index contributed by atoms with van der Waals surface area (Å²) in [5.41, 5.74) is 1.08. The van der Waals surface area contributed by atoms with Gasteiger partial charge in [0.25, 0.3) is 0 Å². The van der Waals surface area contributed by atoms with Crippen LogP contribution in [0.4, 0.5) is 0 Å². The monoisotopic (exact) mass is 251 g/mol. The third-order valence-corrected chi connectivity index (χ3v) is 2.94. The molecule has 0 bridgehead atoms.